The van der Waals surface area contributed by atoms with Crippen molar-refractivity contribution >= 4 is 22.3 Å². The Balaban J connectivity index is 1.66. The van der Waals surface area contributed by atoms with E-state index in [1.807, 2.05) is 37.3 Å². The van der Waals surface area contributed by atoms with Gasteiger partial charge in [-0.3, -0.25) is 9.99 Å². The third kappa shape index (κ3) is 5.28. The number of anilines is 2. The number of nitrogens with zero attached hydrogens (tertiary/aromatic N) is 5. The maximum atomic E-state index is 13.7. The maximum absolute atomic E-state index is 13.7. The summed E-state index contributed by atoms with van der Waals surface area (Å²) in [5.74, 6) is -0.665. The van der Waals surface area contributed by atoms with Crippen molar-refractivity contribution in [2.75, 3.05) is 17.7 Å². The molecule has 0 bridgehead atoms. The lowest BCUT2D eigenvalue weighted by molar-refractivity contribution is 0.326. The van der Waals surface area contributed by atoms with Crippen molar-refractivity contribution in [1.29, 1.82) is 10.5 Å². The molecule has 39 heavy (non-hydrogen) atoms. The summed E-state index contributed by atoms with van der Waals surface area (Å²) in [7, 11) is 1.76. The standard InChI is InChI=1S/C29H26FN9/c1-3-24(18-7-5-4-6-8-18)36-28-21(14-32)16-34-27-20(13-31)11-22(12-23(27)28)35-29(25-17-39(2)38-37-25)19-9-10-26(30)33-15-19/h4-12,15-17,24,29,35,37-38H,3H2,1-2H3,(H,34,36)/t24-,29?/m1/s1/i29D. The molecule has 0 radical (unpaired) electrons. The first-order chi connectivity index (χ1) is 19.4. The highest BCUT2D eigenvalue weighted by atomic mass is 19.1. The van der Waals surface area contributed by atoms with E-state index < -0.39 is 12.0 Å². The van der Waals surface area contributed by atoms with Gasteiger partial charge in [-0.2, -0.15) is 14.9 Å². The number of nitriles is 2. The second-order valence-corrected chi connectivity index (χ2v) is 8.97. The van der Waals surface area contributed by atoms with E-state index in [4.69, 9.17) is 0 Å². The number of pyridine rings is 2. The normalized spacial score (nSPS) is 15.3. The minimum atomic E-state index is -1.65. The molecule has 1 aliphatic rings. The van der Waals surface area contributed by atoms with E-state index >= 15 is 0 Å². The fourth-order valence-electron chi connectivity index (χ4n) is 4.48. The van der Waals surface area contributed by atoms with Crippen LogP contribution in [0.2, 0.25) is 0 Å². The third-order valence-corrected chi connectivity index (χ3v) is 6.39. The maximum Gasteiger partial charge on any atom is 0.212 e. The zero-order valence-electron chi connectivity index (χ0n) is 22.3. The van der Waals surface area contributed by atoms with Gasteiger partial charge in [-0.05, 0) is 35.7 Å². The monoisotopic (exact) mass is 520 g/mol. The van der Waals surface area contributed by atoms with Crippen molar-refractivity contribution in [3.05, 3.63) is 107 Å². The minimum Gasteiger partial charge on any atom is -0.377 e. The molecule has 2 aromatic carbocycles. The first-order valence-electron chi connectivity index (χ1n) is 12.8. The molecule has 0 saturated carbocycles. The number of fused-ring (bicyclic) bond motifs is 1. The van der Waals surface area contributed by atoms with Crippen LogP contribution in [0.1, 0.15) is 49.0 Å². The Morgan fingerprint density at radius 2 is 1.82 bits per heavy atom. The number of halogens is 1. The Hall–Kier alpha value is -5.19. The molecule has 0 amide bonds. The average Bonchev–Trinajstić information content (AvgIpc) is 3.43. The van der Waals surface area contributed by atoms with Crippen molar-refractivity contribution in [1.82, 2.24) is 25.9 Å². The first kappa shape index (κ1) is 24.2. The van der Waals surface area contributed by atoms with Crippen LogP contribution < -0.4 is 21.6 Å². The molecule has 0 saturated heterocycles. The summed E-state index contributed by atoms with van der Waals surface area (Å²) in [5.41, 5.74) is 9.67. The van der Waals surface area contributed by atoms with Crippen LogP contribution in [0, 0.1) is 28.6 Å². The quantitative estimate of drug-likeness (QED) is 0.237. The zero-order chi connectivity index (χ0) is 28.3. The number of benzene rings is 2. The van der Waals surface area contributed by atoms with Crippen molar-refractivity contribution in [3.63, 3.8) is 0 Å². The van der Waals surface area contributed by atoms with Gasteiger partial charge in [-0.15, -0.1) is 5.53 Å². The molecule has 0 spiro atoms. The van der Waals surface area contributed by atoms with E-state index in [2.05, 4.69) is 43.7 Å². The molecule has 0 fully saturated rings. The molecule has 1 aliphatic heterocycles. The van der Waals surface area contributed by atoms with Crippen LogP contribution in [0.5, 0.6) is 0 Å². The molecule has 2 atom stereocenters. The van der Waals surface area contributed by atoms with Gasteiger partial charge < -0.3 is 16.1 Å². The van der Waals surface area contributed by atoms with Gasteiger partial charge in [0.25, 0.3) is 0 Å². The fourth-order valence-corrected chi connectivity index (χ4v) is 4.48. The molecule has 4 aromatic rings. The highest BCUT2D eigenvalue weighted by Crippen LogP contribution is 2.35. The highest BCUT2D eigenvalue weighted by Gasteiger charge is 2.23. The zero-order valence-corrected chi connectivity index (χ0v) is 21.3. The van der Waals surface area contributed by atoms with E-state index in [9.17, 15) is 16.3 Å². The van der Waals surface area contributed by atoms with Crippen LogP contribution in [0.4, 0.5) is 15.8 Å². The predicted molar refractivity (Wildman–Crippen MR) is 147 cm³/mol. The molecule has 9 nitrogen and oxygen atoms in total. The molecular weight excluding hydrogens is 493 g/mol. The SMILES string of the molecule is [2H]C(Nc1cc(C#N)c2ncc(C#N)c(N[C@H](CC)c3ccccc3)c2c1)(C1=CN(C)NN1)c1ccc(F)nc1. The van der Waals surface area contributed by atoms with Crippen LogP contribution in [0.15, 0.2) is 78.9 Å². The number of hydrogen-bond acceptors (Lipinski definition) is 9. The van der Waals surface area contributed by atoms with E-state index in [-0.39, 0.29) is 11.6 Å². The summed E-state index contributed by atoms with van der Waals surface area (Å²) in [6.07, 6.45) is 5.18. The summed E-state index contributed by atoms with van der Waals surface area (Å²) in [6.45, 7) is 2.05. The minimum absolute atomic E-state index is 0.101. The highest BCUT2D eigenvalue weighted by molar-refractivity contribution is 5.99. The van der Waals surface area contributed by atoms with Crippen molar-refractivity contribution in [3.8, 4) is 12.1 Å². The van der Waals surface area contributed by atoms with Crippen LogP contribution in [0.25, 0.3) is 10.9 Å². The predicted octanol–water partition coefficient (Wildman–Crippen LogP) is 5.02. The molecule has 4 N–H and O–H groups in total. The number of hydrazine groups is 2. The van der Waals surface area contributed by atoms with Crippen molar-refractivity contribution in [2.45, 2.75) is 25.4 Å². The van der Waals surface area contributed by atoms with Crippen molar-refractivity contribution in [2.24, 2.45) is 0 Å². The van der Waals surface area contributed by atoms with Crippen LogP contribution in [-0.4, -0.2) is 22.0 Å². The number of nitrogens with one attached hydrogen (secondary N) is 4. The number of hydrogen-bond donors (Lipinski definition) is 4. The Labute approximate surface area is 227 Å². The largest absolute Gasteiger partial charge is 0.377 e. The van der Waals surface area contributed by atoms with E-state index in [1.54, 1.807) is 30.4 Å². The lowest BCUT2D eigenvalue weighted by Crippen LogP contribution is -2.35. The molecule has 1 unspecified atom stereocenters. The summed E-state index contributed by atoms with van der Waals surface area (Å²) < 4.78 is 23.1. The smallest absolute Gasteiger partial charge is 0.212 e. The molecule has 2 aromatic heterocycles. The molecule has 0 aliphatic carbocycles. The summed E-state index contributed by atoms with van der Waals surface area (Å²) in [6, 6.07) is 18.6. The lowest BCUT2D eigenvalue weighted by Gasteiger charge is -2.23. The van der Waals surface area contributed by atoms with E-state index in [0.29, 0.717) is 39.1 Å². The van der Waals surface area contributed by atoms with Gasteiger partial charge in [0.2, 0.25) is 5.95 Å². The van der Waals surface area contributed by atoms with Crippen LogP contribution in [-0.2, 0) is 0 Å². The molecule has 10 heteroatoms. The summed E-state index contributed by atoms with van der Waals surface area (Å²) in [5, 5.41) is 28.9. The Bertz CT molecular complexity index is 1660. The van der Waals surface area contributed by atoms with Gasteiger partial charge in [0.1, 0.15) is 12.1 Å². The van der Waals surface area contributed by atoms with Gasteiger partial charge in [-0.25, -0.2) is 4.98 Å². The Kier molecular flexibility index (Phi) is 6.85. The summed E-state index contributed by atoms with van der Waals surface area (Å²) >= 11 is 0. The second-order valence-electron chi connectivity index (χ2n) is 8.97. The van der Waals surface area contributed by atoms with Gasteiger partial charge >= 0.3 is 0 Å². The van der Waals surface area contributed by atoms with Gasteiger partial charge in [0, 0.05) is 36.7 Å². The van der Waals surface area contributed by atoms with Gasteiger partial charge in [-0.1, -0.05) is 43.3 Å². The Morgan fingerprint density at radius 3 is 2.46 bits per heavy atom. The molecule has 3 heterocycles. The number of rotatable bonds is 8. The topological polar surface area (TPSA) is 125 Å². The van der Waals surface area contributed by atoms with E-state index in [0.717, 1.165) is 12.0 Å². The molecular formula is C29H26FN9. The molecule has 194 valence electrons. The molecule has 5 rings (SSSR count). The number of aromatic nitrogens is 2. The Morgan fingerprint density at radius 1 is 1.03 bits per heavy atom. The van der Waals surface area contributed by atoms with E-state index in [1.165, 1.54) is 24.5 Å². The van der Waals surface area contributed by atoms with Crippen molar-refractivity contribution < 1.29 is 5.76 Å². The fraction of sp³-hybridized carbons (Fsp3) is 0.172. The third-order valence-electron chi connectivity index (χ3n) is 6.39. The van der Waals surface area contributed by atoms with Gasteiger partial charge in [0.05, 0.1) is 41.5 Å². The van der Waals surface area contributed by atoms with Crippen LogP contribution >= 0.6 is 0 Å². The average molecular weight is 521 g/mol. The van der Waals surface area contributed by atoms with Gasteiger partial charge in [0.15, 0.2) is 0 Å². The van der Waals surface area contributed by atoms with Crippen LogP contribution in [0.3, 0.4) is 0 Å². The first-order valence-corrected chi connectivity index (χ1v) is 12.3. The summed E-state index contributed by atoms with van der Waals surface area (Å²) in [4.78, 5) is 8.17. The lowest BCUT2D eigenvalue weighted by atomic mass is 10.0. The second kappa shape index (κ2) is 11.1.